The van der Waals surface area contributed by atoms with E-state index < -0.39 is 0 Å². The van der Waals surface area contributed by atoms with E-state index in [2.05, 4.69) is 168 Å². The molecule has 0 N–H and O–H groups in total. The van der Waals surface area contributed by atoms with Gasteiger partial charge in [-0.15, -0.1) is 0 Å². The first kappa shape index (κ1) is 28.6. The van der Waals surface area contributed by atoms with E-state index in [-0.39, 0.29) is 0 Å². The molecule has 1 aliphatic carbocycles. The van der Waals surface area contributed by atoms with Crippen LogP contribution >= 0.6 is 0 Å². The third-order valence-corrected chi connectivity index (χ3v) is 11.3. The molecular weight excluding hydrogens is 643 g/mol. The Hall–Kier alpha value is -7.10. The number of hydrogen-bond donors (Lipinski definition) is 0. The van der Waals surface area contributed by atoms with Crippen molar-refractivity contribution in [3.05, 3.63) is 176 Å². The van der Waals surface area contributed by atoms with Crippen molar-refractivity contribution in [3.8, 4) is 50.6 Å². The van der Waals surface area contributed by atoms with Crippen molar-refractivity contribution in [2.75, 3.05) is 0 Å². The maximum Gasteiger partial charge on any atom is 0.160 e. The molecule has 2 aromatic heterocycles. The fourth-order valence-corrected chi connectivity index (χ4v) is 9.07. The number of para-hydroxylation sites is 1. The molecule has 3 heteroatoms. The van der Waals surface area contributed by atoms with Crippen LogP contribution < -0.4 is 0 Å². The Balaban J connectivity index is 1.18. The van der Waals surface area contributed by atoms with E-state index in [1.165, 1.54) is 76.4 Å². The van der Waals surface area contributed by atoms with Gasteiger partial charge < -0.3 is 4.57 Å². The van der Waals surface area contributed by atoms with E-state index in [1.54, 1.807) is 0 Å². The van der Waals surface area contributed by atoms with Gasteiger partial charge in [0.2, 0.25) is 0 Å². The molecule has 0 fully saturated rings. The van der Waals surface area contributed by atoms with Crippen molar-refractivity contribution < 1.29 is 0 Å². The first-order valence-electron chi connectivity index (χ1n) is 18.2. The minimum Gasteiger partial charge on any atom is -0.308 e. The van der Waals surface area contributed by atoms with Gasteiger partial charge in [0.1, 0.15) is 0 Å². The molecule has 0 saturated carbocycles. The Labute approximate surface area is 305 Å². The minimum absolute atomic E-state index is 0.719. The molecule has 244 valence electrons. The zero-order valence-corrected chi connectivity index (χ0v) is 28.6. The lowest BCUT2D eigenvalue weighted by molar-refractivity contribution is 1.18. The van der Waals surface area contributed by atoms with Gasteiger partial charge >= 0.3 is 0 Å². The van der Waals surface area contributed by atoms with Gasteiger partial charge in [0.05, 0.1) is 22.2 Å². The lowest BCUT2D eigenvalue weighted by Crippen LogP contribution is -1.98. The normalized spacial score (nSPS) is 12.2. The van der Waals surface area contributed by atoms with E-state index in [4.69, 9.17) is 9.97 Å². The molecule has 9 aromatic carbocycles. The zero-order chi connectivity index (χ0) is 34.6. The third kappa shape index (κ3) is 3.94. The molecule has 0 saturated heterocycles. The van der Waals surface area contributed by atoms with Gasteiger partial charge in [-0.25, -0.2) is 9.97 Å². The summed E-state index contributed by atoms with van der Waals surface area (Å²) in [5.74, 6) is 0.719. The monoisotopic (exact) mass is 671 g/mol. The number of benzene rings is 9. The minimum atomic E-state index is 0.719. The second kappa shape index (κ2) is 10.7. The number of rotatable bonds is 3. The molecular formula is C50H29N3. The highest BCUT2D eigenvalue weighted by molar-refractivity contribution is 6.36. The molecule has 3 nitrogen and oxygen atoms in total. The molecule has 0 radical (unpaired) electrons. The SMILES string of the molecule is c1ccc(-c2nc(-c3ccc(-n4c5c6cccc7c6c(cc5c5c6ccccc6c6ccccc6c54)-c4ccccc4-7)cc3)nc3ccccc23)cc1. The van der Waals surface area contributed by atoms with Gasteiger partial charge in [-0.2, -0.15) is 0 Å². The van der Waals surface area contributed by atoms with Gasteiger partial charge in [0.15, 0.2) is 5.82 Å². The predicted molar refractivity (Wildman–Crippen MR) is 222 cm³/mol. The summed E-state index contributed by atoms with van der Waals surface area (Å²) in [6, 6.07) is 63.5. The number of nitrogens with zero attached hydrogens (tertiary/aromatic N) is 3. The highest BCUT2D eigenvalue weighted by atomic mass is 15.0. The van der Waals surface area contributed by atoms with E-state index in [9.17, 15) is 0 Å². The van der Waals surface area contributed by atoms with Crippen molar-refractivity contribution in [3.63, 3.8) is 0 Å². The van der Waals surface area contributed by atoms with Crippen LogP contribution in [0.15, 0.2) is 176 Å². The maximum atomic E-state index is 5.18. The standard InChI is InChI=1S/C50H29N3/c1-2-13-30(14-3-1)47-40-21-10-11-24-44(40)51-50(52-47)31-25-27-32(28-26-31)53-48-41-23-12-22-37-34-16-4-5-18-36(34)42(45(37)41)29-43(48)46-38-19-8-6-15-33(38)35-17-7-9-20-39(35)49(46)53/h1-29H. The van der Waals surface area contributed by atoms with Crippen LogP contribution in [0.25, 0.3) is 116 Å². The summed E-state index contributed by atoms with van der Waals surface area (Å²) in [5.41, 5.74) is 12.7. The van der Waals surface area contributed by atoms with Crippen molar-refractivity contribution >= 4 is 65.0 Å². The van der Waals surface area contributed by atoms with E-state index in [1.807, 2.05) is 12.1 Å². The molecule has 0 amide bonds. The molecule has 0 aliphatic heterocycles. The Morgan fingerprint density at radius 3 is 1.74 bits per heavy atom. The molecule has 0 bridgehead atoms. The van der Waals surface area contributed by atoms with E-state index in [0.29, 0.717) is 0 Å². The van der Waals surface area contributed by atoms with Crippen LogP contribution in [0.3, 0.4) is 0 Å². The smallest absolute Gasteiger partial charge is 0.160 e. The van der Waals surface area contributed by atoms with Crippen molar-refractivity contribution in [1.82, 2.24) is 14.5 Å². The number of fused-ring (bicyclic) bond motifs is 13. The Kier molecular flexibility index (Phi) is 5.77. The molecule has 2 heterocycles. The van der Waals surface area contributed by atoms with Crippen LogP contribution in [-0.2, 0) is 0 Å². The fourth-order valence-electron chi connectivity index (χ4n) is 9.07. The highest BCUT2D eigenvalue weighted by Crippen LogP contribution is 2.52. The van der Waals surface area contributed by atoms with Gasteiger partial charge in [-0.3, -0.25) is 0 Å². The van der Waals surface area contributed by atoms with E-state index >= 15 is 0 Å². The van der Waals surface area contributed by atoms with E-state index in [0.717, 1.165) is 39.2 Å². The third-order valence-electron chi connectivity index (χ3n) is 11.3. The van der Waals surface area contributed by atoms with Crippen LogP contribution in [0, 0.1) is 0 Å². The summed E-state index contributed by atoms with van der Waals surface area (Å²) in [5, 5.41) is 11.3. The van der Waals surface area contributed by atoms with Crippen molar-refractivity contribution in [1.29, 1.82) is 0 Å². The fraction of sp³-hybridized carbons (Fsp3) is 0. The van der Waals surface area contributed by atoms with Crippen LogP contribution in [0.1, 0.15) is 0 Å². The summed E-state index contributed by atoms with van der Waals surface area (Å²) in [6.07, 6.45) is 0. The molecule has 0 unspecified atom stereocenters. The van der Waals surface area contributed by atoms with Crippen molar-refractivity contribution in [2.24, 2.45) is 0 Å². The summed E-state index contributed by atoms with van der Waals surface area (Å²) in [4.78, 5) is 10.2. The number of hydrogen-bond acceptors (Lipinski definition) is 2. The average molecular weight is 672 g/mol. The first-order chi connectivity index (χ1) is 26.3. The van der Waals surface area contributed by atoms with Gasteiger partial charge in [-0.1, -0.05) is 140 Å². The average Bonchev–Trinajstić information content (AvgIpc) is 3.75. The Morgan fingerprint density at radius 2 is 0.943 bits per heavy atom. The van der Waals surface area contributed by atoms with Crippen molar-refractivity contribution in [2.45, 2.75) is 0 Å². The van der Waals surface area contributed by atoms with Gasteiger partial charge in [0.25, 0.3) is 0 Å². The summed E-state index contributed by atoms with van der Waals surface area (Å²) in [6.45, 7) is 0. The molecule has 11 aromatic rings. The second-order valence-electron chi connectivity index (χ2n) is 14.1. The lowest BCUT2D eigenvalue weighted by atomic mass is 9.95. The number of aromatic nitrogens is 3. The molecule has 0 spiro atoms. The molecule has 1 aliphatic rings. The summed E-state index contributed by atoms with van der Waals surface area (Å²) < 4.78 is 2.52. The topological polar surface area (TPSA) is 30.7 Å². The van der Waals surface area contributed by atoms with Crippen LogP contribution in [0.2, 0.25) is 0 Å². The van der Waals surface area contributed by atoms with Crippen LogP contribution in [-0.4, -0.2) is 14.5 Å². The quantitative estimate of drug-likeness (QED) is 0.175. The first-order valence-corrected chi connectivity index (χ1v) is 18.2. The predicted octanol–water partition coefficient (Wildman–Crippen LogP) is 13.2. The molecule has 12 rings (SSSR count). The Bertz CT molecular complexity index is 3320. The highest BCUT2D eigenvalue weighted by Gasteiger charge is 2.27. The lowest BCUT2D eigenvalue weighted by Gasteiger charge is -2.14. The molecule has 53 heavy (non-hydrogen) atoms. The largest absolute Gasteiger partial charge is 0.308 e. The van der Waals surface area contributed by atoms with Gasteiger partial charge in [0, 0.05) is 43.7 Å². The summed E-state index contributed by atoms with van der Waals surface area (Å²) in [7, 11) is 0. The van der Waals surface area contributed by atoms with Crippen LogP contribution in [0.4, 0.5) is 0 Å². The second-order valence-corrected chi connectivity index (χ2v) is 14.1. The summed E-state index contributed by atoms with van der Waals surface area (Å²) >= 11 is 0. The Morgan fingerprint density at radius 1 is 0.340 bits per heavy atom. The van der Waals surface area contributed by atoms with Crippen LogP contribution in [0.5, 0.6) is 0 Å². The molecule has 0 atom stereocenters. The maximum absolute atomic E-state index is 5.18. The van der Waals surface area contributed by atoms with Gasteiger partial charge in [-0.05, 0) is 80.2 Å². The zero-order valence-electron chi connectivity index (χ0n) is 28.6.